The quantitative estimate of drug-likeness (QED) is 0.159. The summed E-state index contributed by atoms with van der Waals surface area (Å²) in [6.45, 7) is 1.95. The fourth-order valence-electron chi connectivity index (χ4n) is 8.52. The Morgan fingerprint density at radius 3 is 2.33 bits per heavy atom. The van der Waals surface area contributed by atoms with E-state index in [0.717, 1.165) is 23.7 Å². The van der Waals surface area contributed by atoms with Gasteiger partial charge in [-0.15, -0.1) is 11.3 Å². The SMILES string of the molecule is CCC[C@H]1N(C(=O)C2=CN(C)CC=C2C(F)(F)F)CCC[C@@]1(Oc1csc(C(F)(F)F)c1)C(=O)N1CCC(C#N)(c2ccccc2OCCCC2(C(=O)O)CC2)CC1. The Morgan fingerprint density at radius 2 is 1.72 bits per heavy atom. The number of nitriles is 1. The molecule has 6 rings (SSSR count). The van der Waals surface area contributed by atoms with E-state index in [9.17, 15) is 46.3 Å². The van der Waals surface area contributed by atoms with Gasteiger partial charge in [0.15, 0.2) is 0 Å². The molecule has 3 aliphatic heterocycles. The van der Waals surface area contributed by atoms with Crippen LogP contribution in [0.3, 0.4) is 0 Å². The van der Waals surface area contributed by atoms with Gasteiger partial charge in [-0.1, -0.05) is 37.6 Å². The molecule has 4 aliphatic rings. The first-order valence-electron chi connectivity index (χ1n) is 19.4. The number of likely N-dealkylation sites (tertiary alicyclic amines) is 2. The summed E-state index contributed by atoms with van der Waals surface area (Å²) in [5.74, 6) is -2.21. The second kappa shape index (κ2) is 16.5. The fourth-order valence-corrected chi connectivity index (χ4v) is 9.20. The van der Waals surface area contributed by atoms with Crippen LogP contribution in [0.2, 0.25) is 0 Å². The maximum atomic E-state index is 15.1. The molecule has 0 radical (unpaired) electrons. The number of hydrogen-bond acceptors (Lipinski definition) is 8. The first-order valence-corrected chi connectivity index (χ1v) is 20.3. The number of carboxylic acid groups (broad SMARTS) is 1. The van der Waals surface area contributed by atoms with Crippen LogP contribution in [-0.4, -0.2) is 95.2 Å². The van der Waals surface area contributed by atoms with Crippen molar-refractivity contribution in [2.75, 3.05) is 39.8 Å². The molecule has 2 amide bonds. The number of halogens is 6. The third kappa shape index (κ3) is 8.53. The van der Waals surface area contributed by atoms with E-state index in [-0.39, 0.29) is 70.6 Å². The standard InChI is InChI=1S/C41H46F6N4O6S/c1-3-8-32-39(57-27-23-33(58-25-27)41(45,46)47,13-6-18-51(32)34(52)28-24-49(2)19-11-29(28)40(42,43)44)35(53)50-20-16-38(26-48,17-21-50)30-9-4-5-10-31(30)56-22-7-12-37(14-15-37)36(54)55/h4-5,9-11,23-25,32H,3,6-8,12-22H2,1-2H3,(H,54,55)/t32-,39+/m1/s1. The first-order chi connectivity index (χ1) is 27.4. The number of alkyl halides is 6. The number of thiophene rings is 1. The number of likely N-dealkylation sites (N-methyl/N-ethyl adjacent to an activating group) is 1. The van der Waals surface area contributed by atoms with E-state index >= 15 is 4.79 Å². The average molecular weight is 837 g/mol. The molecule has 4 heterocycles. The molecule has 2 aromatic rings. The number of carboxylic acids is 1. The van der Waals surface area contributed by atoms with Crippen LogP contribution in [0.4, 0.5) is 26.3 Å². The lowest BCUT2D eigenvalue weighted by Gasteiger charge is -2.51. The third-order valence-electron chi connectivity index (χ3n) is 11.8. The van der Waals surface area contributed by atoms with E-state index in [1.807, 2.05) is 0 Å². The molecule has 314 valence electrons. The Labute approximate surface area is 336 Å². The molecule has 10 nitrogen and oxygen atoms in total. The van der Waals surface area contributed by atoms with Crippen molar-refractivity contribution in [3.8, 4) is 17.6 Å². The van der Waals surface area contributed by atoms with Crippen LogP contribution < -0.4 is 9.47 Å². The fraction of sp³-hybridized carbons (Fsp3) is 0.561. The Hall–Kier alpha value is -4.72. The summed E-state index contributed by atoms with van der Waals surface area (Å²) in [4.78, 5) is 44.1. The molecule has 0 bridgehead atoms. The summed E-state index contributed by atoms with van der Waals surface area (Å²) in [6, 6.07) is 9.10. The number of amides is 2. The lowest BCUT2D eigenvalue weighted by molar-refractivity contribution is -0.166. The molecule has 58 heavy (non-hydrogen) atoms. The van der Waals surface area contributed by atoms with Crippen molar-refractivity contribution in [3.05, 3.63) is 69.6 Å². The number of aliphatic carboxylic acids is 1. The minimum Gasteiger partial charge on any atom is -0.493 e. The van der Waals surface area contributed by atoms with E-state index in [1.165, 1.54) is 21.7 Å². The van der Waals surface area contributed by atoms with Crippen LogP contribution in [0.1, 0.15) is 81.6 Å². The number of piperidine rings is 2. The second-order valence-corrected chi connectivity index (χ2v) is 16.6. The molecule has 2 atom stereocenters. The minimum absolute atomic E-state index is 0.0167. The zero-order valence-corrected chi connectivity index (χ0v) is 33.1. The Kier molecular flexibility index (Phi) is 12.2. The predicted molar refractivity (Wildman–Crippen MR) is 201 cm³/mol. The molecule has 1 saturated carbocycles. The van der Waals surface area contributed by atoms with E-state index < -0.39 is 68.6 Å². The van der Waals surface area contributed by atoms with Crippen LogP contribution >= 0.6 is 11.3 Å². The topological polar surface area (TPSA) is 123 Å². The highest BCUT2D eigenvalue weighted by Crippen LogP contribution is 2.50. The number of carbonyl (C=O) groups is 3. The Balaban J connectivity index is 1.29. The van der Waals surface area contributed by atoms with Gasteiger partial charge in [-0.25, -0.2) is 0 Å². The van der Waals surface area contributed by atoms with Crippen molar-refractivity contribution in [2.45, 2.75) is 101 Å². The normalized spacial score (nSPS) is 23.0. The number of ether oxygens (including phenoxy) is 2. The van der Waals surface area contributed by atoms with Crippen LogP contribution in [0.25, 0.3) is 0 Å². The number of hydrogen-bond donors (Lipinski definition) is 1. The first kappa shape index (κ1) is 42.9. The van der Waals surface area contributed by atoms with Gasteiger partial charge in [-0.3, -0.25) is 14.4 Å². The summed E-state index contributed by atoms with van der Waals surface area (Å²) in [6.07, 6.45) is -4.48. The zero-order valence-electron chi connectivity index (χ0n) is 32.3. The van der Waals surface area contributed by atoms with Gasteiger partial charge in [-0.2, -0.15) is 31.6 Å². The maximum Gasteiger partial charge on any atom is 0.425 e. The summed E-state index contributed by atoms with van der Waals surface area (Å²) in [7, 11) is 1.52. The molecule has 1 aromatic heterocycles. The molecule has 3 fully saturated rings. The number of carbonyl (C=O) groups excluding carboxylic acids is 2. The van der Waals surface area contributed by atoms with Crippen molar-refractivity contribution in [1.82, 2.24) is 14.7 Å². The van der Waals surface area contributed by atoms with Gasteiger partial charge in [0.2, 0.25) is 5.60 Å². The lowest BCUT2D eigenvalue weighted by Crippen LogP contribution is -2.69. The summed E-state index contributed by atoms with van der Waals surface area (Å²) in [5.41, 5.74) is -4.89. The smallest absolute Gasteiger partial charge is 0.425 e. The predicted octanol–water partition coefficient (Wildman–Crippen LogP) is 8.10. The number of benzene rings is 1. The minimum atomic E-state index is -4.85. The van der Waals surface area contributed by atoms with E-state index in [1.54, 1.807) is 31.2 Å². The van der Waals surface area contributed by atoms with Crippen molar-refractivity contribution < 1.29 is 55.3 Å². The molecule has 17 heteroatoms. The van der Waals surface area contributed by atoms with Gasteiger partial charge >= 0.3 is 18.3 Å². The molecule has 1 aromatic carbocycles. The molecule has 0 spiro atoms. The van der Waals surface area contributed by atoms with Gasteiger partial charge in [0.1, 0.15) is 16.4 Å². The van der Waals surface area contributed by atoms with Gasteiger partial charge < -0.3 is 29.3 Å². The highest BCUT2D eigenvalue weighted by Gasteiger charge is 2.57. The van der Waals surface area contributed by atoms with Gasteiger partial charge in [-0.05, 0) is 57.4 Å². The summed E-state index contributed by atoms with van der Waals surface area (Å²) < 4.78 is 96.6. The molecular weight excluding hydrogens is 791 g/mol. The molecular formula is C41H46F6N4O6S. The van der Waals surface area contributed by atoms with E-state index in [4.69, 9.17) is 9.47 Å². The van der Waals surface area contributed by atoms with Crippen LogP contribution in [0.15, 0.2) is 59.1 Å². The Bertz CT molecular complexity index is 1980. The number of nitrogens with zero attached hydrogens (tertiary/aromatic N) is 4. The van der Waals surface area contributed by atoms with Crippen molar-refractivity contribution >= 4 is 29.1 Å². The average Bonchev–Trinajstić information content (AvgIpc) is 3.84. The number of para-hydroxylation sites is 1. The van der Waals surface area contributed by atoms with Gasteiger partial charge in [0, 0.05) is 62.9 Å². The van der Waals surface area contributed by atoms with Crippen LogP contribution in [0, 0.1) is 16.7 Å². The van der Waals surface area contributed by atoms with E-state index in [0.29, 0.717) is 54.8 Å². The highest BCUT2D eigenvalue weighted by molar-refractivity contribution is 7.10. The van der Waals surface area contributed by atoms with E-state index in [2.05, 4.69) is 6.07 Å². The molecule has 1 N–H and O–H groups in total. The molecule has 2 saturated heterocycles. The van der Waals surface area contributed by atoms with Gasteiger partial charge in [0.25, 0.3) is 11.8 Å². The van der Waals surface area contributed by atoms with Crippen LogP contribution in [0.5, 0.6) is 11.5 Å². The molecule has 0 unspecified atom stereocenters. The zero-order chi connectivity index (χ0) is 42.1. The third-order valence-corrected chi connectivity index (χ3v) is 12.8. The largest absolute Gasteiger partial charge is 0.493 e. The monoisotopic (exact) mass is 836 g/mol. The highest BCUT2D eigenvalue weighted by atomic mass is 32.1. The van der Waals surface area contributed by atoms with Crippen molar-refractivity contribution in [1.29, 1.82) is 5.26 Å². The number of rotatable bonds is 13. The Morgan fingerprint density at radius 1 is 1.02 bits per heavy atom. The van der Waals surface area contributed by atoms with Crippen LogP contribution in [-0.2, 0) is 26.0 Å². The lowest BCUT2D eigenvalue weighted by atomic mass is 9.72. The summed E-state index contributed by atoms with van der Waals surface area (Å²) in [5, 5.41) is 21.3. The van der Waals surface area contributed by atoms with Crippen molar-refractivity contribution in [2.24, 2.45) is 5.41 Å². The second-order valence-electron chi connectivity index (χ2n) is 15.7. The molecule has 1 aliphatic carbocycles. The maximum absolute atomic E-state index is 15.1. The van der Waals surface area contributed by atoms with Crippen molar-refractivity contribution in [3.63, 3.8) is 0 Å². The summed E-state index contributed by atoms with van der Waals surface area (Å²) >= 11 is 0.376. The van der Waals surface area contributed by atoms with Gasteiger partial charge in [0.05, 0.1) is 40.7 Å².